The zero-order chi connectivity index (χ0) is 25.4. The fraction of sp³-hybridized carbons (Fsp3) is 0.444. The summed E-state index contributed by atoms with van der Waals surface area (Å²) >= 11 is 1.54. The first kappa shape index (κ1) is 26.6. The Morgan fingerprint density at radius 2 is 1.60 bits per heavy atom. The zero-order valence-corrected chi connectivity index (χ0v) is 21.3. The van der Waals surface area contributed by atoms with E-state index >= 15 is 0 Å². The van der Waals surface area contributed by atoms with Crippen molar-refractivity contribution >= 4 is 29.7 Å². The maximum absolute atomic E-state index is 12.9. The van der Waals surface area contributed by atoms with Gasteiger partial charge in [0.1, 0.15) is 18.7 Å². The Balaban J connectivity index is 1.64. The lowest BCUT2D eigenvalue weighted by molar-refractivity contribution is -0.142. The number of carboxylic acid groups (broad SMARTS) is 1. The summed E-state index contributed by atoms with van der Waals surface area (Å²) in [4.78, 5) is 37.3. The van der Waals surface area contributed by atoms with Gasteiger partial charge in [0, 0.05) is 5.92 Å². The Bertz CT molecular complexity index is 998. The van der Waals surface area contributed by atoms with Crippen molar-refractivity contribution in [3.8, 4) is 11.1 Å². The van der Waals surface area contributed by atoms with E-state index in [-0.39, 0.29) is 18.4 Å². The number of carbonyl (C=O) groups excluding carboxylic acids is 2. The number of fused-ring (bicyclic) bond motifs is 3. The van der Waals surface area contributed by atoms with Gasteiger partial charge in [-0.25, -0.2) is 9.59 Å². The van der Waals surface area contributed by atoms with Gasteiger partial charge in [-0.3, -0.25) is 4.79 Å². The second-order valence-electron chi connectivity index (χ2n) is 8.95. The molecule has 0 heterocycles. The van der Waals surface area contributed by atoms with Crippen LogP contribution in [0.25, 0.3) is 11.1 Å². The molecule has 188 valence electrons. The normalized spacial score (nSPS) is 14.8. The molecule has 2 aromatic carbocycles. The number of thioether (sulfide) groups is 1. The highest BCUT2D eigenvalue weighted by molar-refractivity contribution is 7.98. The third kappa shape index (κ3) is 6.78. The van der Waals surface area contributed by atoms with Crippen LogP contribution in [0.4, 0.5) is 4.79 Å². The van der Waals surface area contributed by atoms with Gasteiger partial charge in [0.15, 0.2) is 0 Å². The SMILES string of the molecule is CCC(C)CC(NC(=O)[C@H](CCSC)NC(=O)OCC1c2ccccc2-c2ccccc21)C(=O)O. The maximum Gasteiger partial charge on any atom is 0.407 e. The molecule has 0 fully saturated rings. The van der Waals surface area contributed by atoms with Gasteiger partial charge in [-0.05, 0) is 53.0 Å². The van der Waals surface area contributed by atoms with Crippen LogP contribution in [0, 0.1) is 5.92 Å². The fourth-order valence-corrected chi connectivity index (χ4v) is 4.82. The molecule has 35 heavy (non-hydrogen) atoms. The molecule has 7 nitrogen and oxygen atoms in total. The summed E-state index contributed by atoms with van der Waals surface area (Å²) in [6, 6.07) is 14.3. The fourth-order valence-electron chi connectivity index (χ4n) is 4.35. The van der Waals surface area contributed by atoms with E-state index in [1.165, 1.54) is 0 Å². The quantitative estimate of drug-likeness (QED) is 0.393. The van der Waals surface area contributed by atoms with Crippen LogP contribution in [0.1, 0.15) is 50.2 Å². The predicted octanol–water partition coefficient (Wildman–Crippen LogP) is 4.65. The van der Waals surface area contributed by atoms with Crippen molar-refractivity contribution < 1.29 is 24.2 Å². The number of hydrogen-bond acceptors (Lipinski definition) is 5. The van der Waals surface area contributed by atoms with Crippen molar-refractivity contribution in [2.24, 2.45) is 5.92 Å². The minimum atomic E-state index is -1.08. The highest BCUT2D eigenvalue weighted by Crippen LogP contribution is 2.44. The molecule has 2 amide bonds. The van der Waals surface area contributed by atoms with E-state index in [9.17, 15) is 19.5 Å². The van der Waals surface area contributed by atoms with Crippen LogP contribution >= 0.6 is 11.8 Å². The number of carboxylic acids is 1. The van der Waals surface area contributed by atoms with E-state index < -0.39 is 30.1 Å². The molecular weight excluding hydrogens is 464 g/mol. The van der Waals surface area contributed by atoms with Crippen molar-refractivity contribution in [1.82, 2.24) is 10.6 Å². The van der Waals surface area contributed by atoms with Gasteiger partial charge in [0.25, 0.3) is 0 Å². The molecule has 0 bridgehead atoms. The topological polar surface area (TPSA) is 105 Å². The van der Waals surface area contributed by atoms with Crippen molar-refractivity contribution in [2.45, 2.75) is 51.1 Å². The van der Waals surface area contributed by atoms with E-state index in [0.29, 0.717) is 18.6 Å². The van der Waals surface area contributed by atoms with Gasteiger partial charge in [-0.1, -0.05) is 68.8 Å². The van der Waals surface area contributed by atoms with Gasteiger partial charge < -0.3 is 20.5 Å². The highest BCUT2D eigenvalue weighted by Gasteiger charge is 2.31. The summed E-state index contributed by atoms with van der Waals surface area (Å²) in [5.74, 6) is -0.897. The van der Waals surface area contributed by atoms with Gasteiger partial charge in [-0.2, -0.15) is 11.8 Å². The smallest absolute Gasteiger partial charge is 0.407 e. The first-order valence-electron chi connectivity index (χ1n) is 12.0. The Labute approximate surface area is 211 Å². The standard InChI is InChI=1S/C27H34N2O5S/c1-4-17(2)15-24(26(31)32)28-25(30)23(13-14-35-3)29-27(33)34-16-22-20-11-7-5-9-18(20)19-10-6-8-12-21(19)22/h5-12,17,22-24H,4,13-16H2,1-3H3,(H,28,30)(H,29,33)(H,31,32)/t17?,23-,24?/m0/s1. The van der Waals surface area contributed by atoms with E-state index in [0.717, 1.165) is 28.7 Å². The molecule has 0 saturated heterocycles. The molecule has 0 saturated carbocycles. The molecule has 0 radical (unpaired) electrons. The highest BCUT2D eigenvalue weighted by atomic mass is 32.2. The first-order chi connectivity index (χ1) is 16.8. The van der Waals surface area contributed by atoms with E-state index in [1.54, 1.807) is 11.8 Å². The third-order valence-electron chi connectivity index (χ3n) is 6.51. The second kappa shape index (κ2) is 12.6. The van der Waals surface area contributed by atoms with Gasteiger partial charge in [-0.15, -0.1) is 0 Å². The van der Waals surface area contributed by atoms with E-state index in [2.05, 4.69) is 22.8 Å². The molecule has 8 heteroatoms. The summed E-state index contributed by atoms with van der Waals surface area (Å²) in [7, 11) is 0. The Hall–Kier alpha value is -3.00. The number of nitrogens with one attached hydrogen (secondary N) is 2. The molecule has 0 aliphatic heterocycles. The lowest BCUT2D eigenvalue weighted by Crippen LogP contribution is -2.52. The molecule has 0 spiro atoms. The summed E-state index contributed by atoms with van der Waals surface area (Å²) in [6.07, 6.45) is 2.73. The van der Waals surface area contributed by atoms with Crippen LogP contribution in [0.5, 0.6) is 0 Å². The molecule has 2 unspecified atom stereocenters. The largest absolute Gasteiger partial charge is 0.480 e. The number of aliphatic carboxylic acids is 1. The van der Waals surface area contributed by atoms with E-state index in [4.69, 9.17) is 4.74 Å². The average Bonchev–Trinajstić information content (AvgIpc) is 3.18. The summed E-state index contributed by atoms with van der Waals surface area (Å²) in [6.45, 7) is 4.07. The van der Waals surface area contributed by atoms with Crippen molar-refractivity contribution in [3.05, 3.63) is 59.7 Å². The second-order valence-corrected chi connectivity index (χ2v) is 9.94. The minimum absolute atomic E-state index is 0.0847. The van der Waals surface area contributed by atoms with E-state index in [1.807, 2.05) is 56.5 Å². The number of ether oxygens (including phenoxy) is 1. The molecular formula is C27H34N2O5S. The lowest BCUT2D eigenvalue weighted by atomic mass is 9.98. The van der Waals surface area contributed by atoms with Gasteiger partial charge in [0.05, 0.1) is 0 Å². The molecule has 0 aromatic heterocycles. The Kier molecular flexibility index (Phi) is 9.60. The lowest BCUT2D eigenvalue weighted by Gasteiger charge is -2.23. The predicted molar refractivity (Wildman–Crippen MR) is 139 cm³/mol. The average molecular weight is 499 g/mol. The van der Waals surface area contributed by atoms with Crippen LogP contribution in [-0.4, -0.2) is 53.8 Å². The molecule has 1 aliphatic rings. The number of hydrogen-bond donors (Lipinski definition) is 3. The molecule has 3 atom stereocenters. The zero-order valence-electron chi connectivity index (χ0n) is 20.5. The van der Waals surface area contributed by atoms with Crippen molar-refractivity contribution in [3.63, 3.8) is 0 Å². The first-order valence-corrected chi connectivity index (χ1v) is 13.4. The number of amides is 2. The number of rotatable bonds is 12. The summed E-state index contributed by atoms with van der Waals surface area (Å²) in [5, 5.41) is 14.8. The van der Waals surface area contributed by atoms with Crippen LogP contribution in [0.2, 0.25) is 0 Å². The van der Waals surface area contributed by atoms with Crippen LogP contribution in [0.3, 0.4) is 0 Å². The van der Waals surface area contributed by atoms with Crippen LogP contribution < -0.4 is 10.6 Å². The maximum atomic E-state index is 12.9. The van der Waals surface area contributed by atoms with Crippen LogP contribution in [0.15, 0.2) is 48.5 Å². The molecule has 3 rings (SSSR count). The van der Waals surface area contributed by atoms with Gasteiger partial charge >= 0.3 is 12.1 Å². The third-order valence-corrected chi connectivity index (χ3v) is 7.16. The van der Waals surface area contributed by atoms with Gasteiger partial charge in [0.2, 0.25) is 5.91 Å². The summed E-state index contributed by atoms with van der Waals surface area (Å²) in [5.41, 5.74) is 4.48. The Morgan fingerprint density at radius 1 is 1.00 bits per heavy atom. The molecule has 1 aliphatic carbocycles. The van der Waals surface area contributed by atoms with Crippen molar-refractivity contribution in [2.75, 3.05) is 18.6 Å². The van der Waals surface area contributed by atoms with Crippen molar-refractivity contribution in [1.29, 1.82) is 0 Å². The Morgan fingerprint density at radius 3 is 2.14 bits per heavy atom. The summed E-state index contributed by atoms with van der Waals surface area (Å²) < 4.78 is 5.58. The number of carbonyl (C=O) groups is 3. The number of alkyl carbamates (subject to hydrolysis) is 1. The molecule has 2 aromatic rings. The molecule has 3 N–H and O–H groups in total. The van der Waals surface area contributed by atoms with Crippen LogP contribution in [-0.2, 0) is 14.3 Å². The monoisotopic (exact) mass is 498 g/mol. The minimum Gasteiger partial charge on any atom is -0.480 e. The number of benzene rings is 2.